The molecular formula is C26H17FN2O4S. The average molecular weight is 472 g/mol. The van der Waals surface area contributed by atoms with Gasteiger partial charge in [0.1, 0.15) is 17.1 Å². The summed E-state index contributed by atoms with van der Waals surface area (Å²) in [5.41, 5.74) is 1.62. The normalized spacial score (nSPS) is 15.3. The molecule has 6 nitrogen and oxygen atoms in total. The summed E-state index contributed by atoms with van der Waals surface area (Å²) in [6, 6.07) is 17.7. The van der Waals surface area contributed by atoms with Gasteiger partial charge in [-0.2, -0.15) is 0 Å². The highest BCUT2D eigenvalue weighted by atomic mass is 32.1. The maximum atomic E-state index is 13.8. The zero-order chi connectivity index (χ0) is 23.4. The predicted molar refractivity (Wildman–Crippen MR) is 128 cm³/mol. The van der Waals surface area contributed by atoms with E-state index in [-0.39, 0.29) is 22.6 Å². The fourth-order valence-electron chi connectivity index (χ4n) is 4.33. The molecule has 0 fully saturated rings. The number of carbonyl (C=O) groups is 1. The van der Waals surface area contributed by atoms with E-state index >= 15 is 0 Å². The predicted octanol–water partition coefficient (Wildman–Crippen LogP) is 5.69. The molecule has 5 aromatic rings. The maximum Gasteiger partial charge on any atom is 0.297 e. The van der Waals surface area contributed by atoms with E-state index in [9.17, 15) is 14.0 Å². The molecule has 0 radical (unpaired) electrons. The highest BCUT2D eigenvalue weighted by Gasteiger charge is 2.45. The number of carbonyl (C=O) groups excluding carboxylic acids is 1. The Kier molecular flexibility index (Phi) is 4.70. The molecule has 1 amide bonds. The number of thiazole rings is 1. The summed E-state index contributed by atoms with van der Waals surface area (Å²) in [6.07, 6.45) is 0. The highest BCUT2D eigenvalue weighted by Crippen LogP contribution is 2.43. The van der Waals surface area contributed by atoms with Crippen molar-refractivity contribution in [3.05, 3.63) is 99.7 Å². The molecule has 3 heterocycles. The van der Waals surface area contributed by atoms with E-state index in [1.165, 1.54) is 28.4 Å². The van der Waals surface area contributed by atoms with Crippen LogP contribution < -0.4 is 15.1 Å². The lowest BCUT2D eigenvalue weighted by Crippen LogP contribution is -2.29. The molecule has 168 valence electrons. The first-order valence-corrected chi connectivity index (χ1v) is 11.5. The van der Waals surface area contributed by atoms with Crippen LogP contribution in [-0.2, 0) is 0 Å². The minimum absolute atomic E-state index is 0.00646. The molecule has 1 aliphatic rings. The summed E-state index contributed by atoms with van der Waals surface area (Å²) < 4.78 is 25.9. The Morgan fingerprint density at radius 3 is 2.68 bits per heavy atom. The summed E-state index contributed by atoms with van der Waals surface area (Å²) in [6.45, 7) is 2.42. The van der Waals surface area contributed by atoms with Crippen LogP contribution in [0.25, 0.3) is 21.2 Å². The van der Waals surface area contributed by atoms with Crippen LogP contribution in [0, 0.1) is 5.82 Å². The summed E-state index contributed by atoms with van der Waals surface area (Å²) in [4.78, 5) is 33.3. The van der Waals surface area contributed by atoms with Crippen LogP contribution in [0.1, 0.15) is 34.6 Å². The molecule has 6 rings (SSSR count). The molecule has 0 spiro atoms. The van der Waals surface area contributed by atoms with E-state index in [0.29, 0.717) is 44.2 Å². The number of halogens is 1. The Hall–Kier alpha value is -4.04. The molecule has 1 atom stereocenters. The summed E-state index contributed by atoms with van der Waals surface area (Å²) in [7, 11) is 0. The van der Waals surface area contributed by atoms with Gasteiger partial charge < -0.3 is 9.15 Å². The Bertz CT molecular complexity index is 1640. The van der Waals surface area contributed by atoms with Crippen molar-refractivity contribution in [1.29, 1.82) is 0 Å². The Morgan fingerprint density at radius 1 is 1.09 bits per heavy atom. The first-order chi connectivity index (χ1) is 16.5. The second-order valence-electron chi connectivity index (χ2n) is 7.86. The van der Waals surface area contributed by atoms with Crippen LogP contribution in [0.5, 0.6) is 5.75 Å². The van der Waals surface area contributed by atoms with Gasteiger partial charge in [0, 0.05) is 0 Å². The zero-order valence-corrected chi connectivity index (χ0v) is 18.8. The number of nitrogens with zero attached hydrogens (tertiary/aromatic N) is 2. The second-order valence-corrected chi connectivity index (χ2v) is 8.87. The van der Waals surface area contributed by atoms with Crippen molar-refractivity contribution in [1.82, 2.24) is 4.98 Å². The molecule has 0 saturated heterocycles. The molecule has 8 heteroatoms. The Labute approximate surface area is 196 Å². The van der Waals surface area contributed by atoms with Crippen molar-refractivity contribution < 1.29 is 18.3 Å². The molecule has 0 saturated carbocycles. The number of rotatable bonds is 4. The standard InChI is InChI=1S/C26H17FN2O4S/c1-2-32-16-10-7-14(8-11-16)22-21-23(30)17-5-3-4-6-19(17)33-24(21)25(31)29(22)26-28-18-12-9-15(27)13-20(18)34-26/h3-13,22H,2H2,1H3/t22-/m1/s1. The van der Waals surface area contributed by atoms with Gasteiger partial charge in [0.15, 0.2) is 10.6 Å². The molecule has 3 aromatic carbocycles. The molecule has 0 bridgehead atoms. The molecule has 1 aliphatic heterocycles. The van der Waals surface area contributed by atoms with E-state index in [1.807, 2.05) is 19.1 Å². The number of hydrogen-bond acceptors (Lipinski definition) is 6. The van der Waals surface area contributed by atoms with Crippen LogP contribution in [0.4, 0.5) is 9.52 Å². The Balaban J connectivity index is 1.59. The first-order valence-electron chi connectivity index (χ1n) is 10.7. The van der Waals surface area contributed by atoms with Crippen molar-refractivity contribution in [2.75, 3.05) is 11.5 Å². The van der Waals surface area contributed by atoms with Gasteiger partial charge in [0.25, 0.3) is 5.91 Å². The van der Waals surface area contributed by atoms with E-state index < -0.39 is 11.9 Å². The molecule has 0 N–H and O–H groups in total. The largest absolute Gasteiger partial charge is 0.494 e. The van der Waals surface area contributed by atoms with Crippen LogP contribution >= 0.6 is 11.3 Å². The molecule has 34 heavy (non-hydrogen) atoms. The monoisotopic (exact) mass is 472 g/mol. The molecule has 2 aromatic heterocycles. The van der Waals surface area contributed by atoms with Crippen molar-refractivity contribution >= 4 is 43.6 Å². The van der Waals surface area contributed by atoms with Gasteiger partial charge in [0.2, 0.25) is 5.76 Å². The van der Waals surface area contributed by atoms with E-state index in [2.05, 4.69) is 4.98 Å². The van der Waals surface area contributed by atoms with Gasteiger partial charge in [-0.25, -0.2) is 9.37 Å². The van der Waals surface area contributed by atoms with E-state index in [1.54, 1.807) is 42.5 Å². The first kappa shape index (κ1) is 20.6. The van der Waals surface area contributed by atoms with Crippen LogP contribution in [-0.4, -0.2) is 17.5 Å². The quantitative estimate of drug-likeness (QED) is 0.336. The number of ether oxygens (including phenoxy) is 1. The third-order valence-electron chi connectivity index (χ3n) is 5.83. The lowest BCUT2D eigenvalue weighted by Gasteiger charge is -2.22. The van der Waals surface area contributed by atoms with Gasteiger partial charge in [-0.05, 0) is 55.0 Å². The lowest BCUT2D eigenvalue weighted by molar-refractivity contribution is 0.0971. The zero-order valence-electron chi connectivity index (χ0n) is 17.9. The average Bonchev–Trinajstić information content (AvgIpc) is 3.38. The SMILES string of the molecule is CCOc1ccc([C@@H]2c3c(oc4ccccc4c3=O)C(=O)N2c2nc3ccc(F)cc3s2)cc1. The fraction of sp³-hybridized carbons (Fsp3) is 0.115. The third-order valence-corrected chi connectivity index (χ3v) is 6.85. The summed E-state index contributed by atoms with van der Waals surface area (Å²) in [5, 5.41) is 0.762. The number of anilines is 1. The number of benzene rings is 3. The van der Waals surface area contributed by atoms with Gasteiger partial charge in [-0.1, -0.05) is 35.6 Å². The van der Waals surface area contributed by atoms with E-state index in [4.69, 9.17) is 9.15 Å². The highest BCUT2D eigenvalue weighted by molar-refractivity contribution is 7.22. The van der Waals surface area contributed by atoms with Gasteiger partial charge in [-0.15, -0.1) is 0 Å². The minimum atomic E-state index is -0.746. The smallest absolute Gasteiger partial charge is 0.297 e. The van der Waals surface area contributed by atoms with Crippen molar-refractivity contribution in [2.45, 2.75) is 13.0 Å². The number of aromatic nitrogens is 1. The molecular weight excluding hydrogens is 455 g/mol. The van der Waals surface area contributed by atoms with E-state index in [0.717, 1.165) is 0 Å². The molecule has 0 unspecified atom stereocenters. The van der Waals surface area contributed by atoms with Gasteiger partial charge >= 0.3 is 0 Å². The topological polar surface area (TPSA) is 72.6 Å². The van der Waals surface area contributed by atoms with Crippen molar-refractivity contribution in [3.63, 3.8) is 0 Å². The van der Waals surface area contributed by atoms with Crippen molar-refractivity contribution in [3.8, 4) is 5.75 Å². The van der Waals surface area contributed by atoms with Crippen LogP contribution in [0.2, 0.25) is 0 Å². The number of para-hydroxylation sites is 1. The molecule has 0 aliphatic carbocycles. The summed E-state index contributed by atoms with van der Waals surface area (Å²) in [5.74, 6) is -0.169. The Morgan fingerprint density at radius 2 is 1.88 bits per heavy atom. The number of amides is 1. The number of hydrogen-bond donors (Lipinski definition) is 0. The fourth-order valence-corrected chi connectivity index (χ4v) is 5.35. The number of fused-ring (bicyclic) bond motifs is 3. The summed E-state index contributed by atoms with van der Waals surface area (Å²) >= 11 is 1.19. The van der Waals surface area contributed by atoms with Gasteiger partial charge in [0.05, 0.1) is 33.8 Å². The minimum Gasteiger partial charge on any atom is -0.494 e. The van der Waals surface area contributed by atoms with Crippen molar-refractivity contribution in [2.24, 2.45) is 0 Å². The van der Waals surface area contributed by atoms with Crippen LogP contribution in [0.15, 0.2) is 75.9 Å². The maximum absolute atomic E-state index is 13.8. The third kappa shape index (κ3) is 3.10. The second kappa shape index (κ2) is 7.78. The lowest BCUT2D eigenvalue weighted by atomic mass is 9.98. The van der Waals surface area contributed by atoms with Crippen LogP contribution in [0.3, 0.4) is 0 Å². The van der Waals surface area contributed by atoms with Gasteiger partial charge in [-0.3, -0.25) is 14.5 Å².